The van der Waals surface area contributed by atoms with Gasteiger partial charge in [0.05, 0.1) is 19.2 Å². The second-order valence-electron chi connectivity index (χ2n) is 3.62. The van der Waals surface area contributed by atoms with E-state index in [0.717, 1.165) is 0 Å². The van der Waals surface area contributed by atoms with Gasteiger partial charge in [0.15, 0.2) is 0 Å². The maximum atomic E-state index is 10.1. The van der Waals surface area contributed by atoms with Gasteiger partial charge in [0.25, 0.3) is 0 Å². The van der Waals surface area contributed by atoms with E-state index in [1.165, 1.54) is 0 Å². The number of aliphatic hydroxyl groups excluding tert-OH is 1. The van der Waals surface area contributed by atoms with E-state index in [0.29, 0.717) is 30.2 Å². The van der Waals surface area contributed by atoms with Gasteiger partial charge in [0, 0.05) is 17.1 Å². The smallest absolute Gasteiger partial charge is 0.0931 e. The van der Waals surface area contributed by atoms with Crippen molar-refractivity contribution in [2.24, 2.45) is 0 Å². The molecule has 17 heavy (non-hydrogen) atoms. The zero-order chi connectivity index (χ0) is 12.7. The Balaban J connectivity index is 2.71. The average molecular weight is 248 g/mol. The molecule has 0 bridgehead atoms. The van der Waals surface area contributed by atoms with Crippen molar-refractivity contribution in [2.75, 3.05) is 19.6 Å². The first-order valence-corrected chi connectivity index (χ1v) is 5.58. The van der Waals surface area contributed by atoms with Crippen LogP contribution in [0.3, 0.4) is 0 Å². The maximum absolute atomic E-state index is 10.1. The van der Waals surface area contributed by atoms with E-state index in [1.54, 1.807) is 12.1 Å². The summed E-state index contributed by atoms with van der Waals surface area (Å²) in [6, 6.07) is 7.18. The molecule has 0 saturated heterocycles. The van der Waals surface area contributed by atoms with Crippen molar-refractivity contribution in [1.82, 2.24) is 4.90 Å². The Bertz CT molecular complexity index is 428. The van der Waals surface area contributed by atoms with Crippen LogP contribution in [-0.4, -0.2) is 29.6 Å². The molecular formula is C14H14ClNO. The molecule has 1 aromatic carbocycles. The predicted molar refractivity (Wildman–Crippen MR) is 70.5 cm³/mol. The number of rotatable bonds is 5. The van der Waals surface area contributed by atoms with Gasteiger partial charge in [0.1, 0.15) is 0 Å². The quantitative estimate of drug-likeness (QED) is 0.804. The fraction of sp³-hybridized carbons (Fsp3) is 0.286. The highest BCUT2D eigenvalue weighted by Gasteiger charge is 2.14. The first-order chi connectivity index (χ1) is 8.19. The Morgan fingerprint density at radius 1 is 1.24 bits per heavy atom. The summed E-state index contributed by atoms with van der Waals surface area (Å²) in [5.74, 6) is 5.02. The molecule has 88 valence electrons. The molecule has 1 unspecified atom stereocenters. The number of terminal acetylenes is 2. The fourth-order valence-corrected chi connectivity index (χ4v) is 1.79. The van der Waals surface area contributed by atoms with Gasteiger partial charge in [-0.3, -0.25) is 4.90 Å². The molecule has 0 amide bonds. The van der Waals surface area contributed by atoms with Gasteiger partial charge >= 0.3 is 0 Å². The van der Waals surface area contributed by atoms with Crippen LogP contribution in [0.4, 0.5) is 0 Å². The van der Waals surface area contributed by atoms with Gasteiger partial charge in [0.2, 0.25) is 0 Å². The molecule has 0 aliphatic rings. The molecule has 0 spiro atoms. The normalized spacial score (nSPS) is 11.8. The zero-order valence-electron chi connectivity index (χ0n) is 9.44. The van der Waals surface area contributed by atoms with Crippen molar-refractivity contribution < 1.29 is 5.11 Å². The first-order valence-electron chi connectivity index (χ1n) is 5.20. The molecule has 0 aromatic heterocycles. The highest BCUT2D eigenvalue weighted by molar-refractivity contribution is 6.31. The maximum Gasteiger partial charge on any atom is 0.0931 e. The largest absolute Gasteiger partial charge is 0.387 e. The first kappa shape index (κ1) is 13.6. The Morgan fingerprint density at radius 3 is 2.35 bits per heavy atom. The van der Waals surface area contributed by atoms with E-state index in [4.69, 9.17) is 24.4 Å². The molecule has 1 aromatic rings. The molecule has 0 saturated carbocycles. The van der Waals surface area contributed by atoms with Gasteiger partial charge < -0.3 is 5.11 Å². The van der Waals surface area contributed by atoms with E-state index in [9.17, 15) is 5.11 Å². The Kier molecular flexibility index (Phi) is 5.60. The Morgan fingerprint density at radius 2 is 1.82 bits per heavy atom. The predicted octanol–water partition coefficient (Wildman–Crippen LogP) is 1.94. The van der Waals surface area contributed by atoms with Crippen LogP contribution < -0.4 is 0 Å². The molecule has 0 radical (unpaired) electrons. The highest BCUT2D eigenvalue weighted by atomic mass is 35.5. The number of aliphatic hydroxyl groups is 1. The van der Waals surface area contributed by atoms with Crippen LogP contribution in [0, 0.1) is 24.7 Å². The molecule has 2 nitrogen and oxygen atoms in total. The minimum absolute atomic E-state index is 0.373. The summed E-state index contributed by atoms with van der Waals surface area (Å²) in [4.78, 5) is 1.81. The Hall–Kier alpha value is -1.45. The van der Waals surface area contributed by atoms with Gasteiger partial charge in [-0.15, -0.1) is 12.8 Å². The third-order valence-electron chi connectivity index (χ3n) is 2.33. The zero-order valence-corrected chi connectivity index (χ0v) is 10.2. The molecule has 1 atom stereocenters. The third-order valence-corrected chi connectivity index (χ3v) is 2.67. The summed E-state index contributed by atoms with van der Waals surface area (Å²) in [6.07, 6.45) is 9.78. The van der Waals surface area contributed by atoms with Crippen LogP contribution in [0.25, 0.3) is 0 Å². The minimum Gasteiger partial charge on any atom is -0.387 e. The van der Waals surface area contributed by atoms with Crippen LogP contribution in [0.5, 0.6) is 0 Å². The van der Waals surface area contributed by atoms with Gasteiger partial charge in [-0.25, -0.2) is 0 Å². The molecule has 0 aliphatic heterocycles. The molecule has 3 heteroatoms. The minimum atomic E-state index is -0.689. The summed E-state index contributed by atoms with van der Waals surface area (Å²) < 4.78 is 0. The van der Waals surface area contributed by atoms with Crippen molar-refractivity contribution in [3.63, 3.8) is 0 Å². The molecular weight excluding hydrogens is 234 g/mol. The van der Waals surface area contributed by atoms with Crippen molar-refractivity contribution in [3.05, 3.63) is 34.9 Å². The number of benzene rings is 1. The lowest BCUT2D eigenvalue weighted by atomic mass is 10.1. The molecule has 0 heterocycles. The van der Waals surface area contributed by atoms with Crippen LogP contribution in [0.2, 0.25) is 5.02 Å². The van der Waals surface area contributed by atoms with E-state index < -0.39 is 6.10 Å². The topological polar surface area (TPSA) is 23.5 Å². The van der Waals surface area contributed by atoms with E-state index >= 15 is 0 Å². The lowest BCUT2D eigenvalue weighted by Gasteiger charge is -2.21. The standard InChI is InChI=1S/C14H14ClNO/c1-3-9-16(10-4-2)11-14(17)12-7-5-6-8-13(12)15/h1-2,5-8,14,17H,9-11H2. The lowest BCUT2D eigenvalue weighted by molar-refractivity contribution is 0.127. The van der Waals surface area contributed by atoms with Gasteiger partial charge in [-0.1, -0.05) is 41.6 Å². The van der Waals surface area contributed by atoms with E-state index in [1.807, 2.05) is 17.0 Å². The molecule has 0 aliphatic carbocycles. The number of hydrogen-bond acceptors (Lipinski definition) is 2. The number of halogens is 1. The van der Waals surface area contributed by atoms with Crippen molar-refractivity contribution >= 4 is 11.6 Å². The van der Waals surface area contributed by atoms with Crippen molar-refractivity contribution in [2.45, 2.75) is 6.10 Å². The summed E-state index contributed by atoms with van der Waals surface area (Å²) in [5, 5.41) is 10.6. The summed E-state index contributed by atoms with van der Waals surface area (Å²) in [7, 11) is 0. The van der Waals surface area contributed by atoms with Crippen molar-refractivity contribution in [1.29, 1.82) is 0 Å². The van der Waals surface area contributed by atoms with E-state index in [2.05, 4.69) is 11.8 Å². The van der Waals surface area contributed by atoms with E-state index in [-0.39, 0.29) is 0 Å². The lowest BCUT2D eigenvalue weighted by Crippen LogP contribution is -2.29. The monoisotopic (exact) mass is 247 g/mol. The molecule has 1 N–H and O–H groups in total. The van der Waals surface area contributed by atoms with Gasteiger partial charge in [-0.2, -0.15) is 0 Å². The van der Waals surface area contributed by atoms with Crippen molar-refractivity contribution in [3.8, 4) is 24.7 Å². The number of hydrogen-bond donors (Lipinski definition) is 1. The number of nitrogens with zero attached hydrogens (tertiary/aromatic N) is 1. The summed E-state index contributed by atoms with van der Waals surface area (Å²) in [6.45, 7) is 1.19. The van der Waals surface area contributed by atoms with Gasteiger partial charge in [-0.05, 0) is 6.07 Å². The Labute approximate surface area is 107 Å². The average Bonchev–Trinajstić information content (AvgIpc) is 2.30. The fourth-order valence-electron chi connectivity index (χ4n) is 1.53. The second-order valence-corrected chi connectivity index (χ2v) is 4.02. The van der Waals surface area contributed by atoms with Crippen LogP contribution in [0.15, 0.2) is 24.3 Å². The SMILES string of the molecule is C#CCN(CC#C)CC(O)c1ccccc1Cl. The molecule has 0 fully saturated rings. The second kappa shape index (κ2) is 6.99. The third kappa shape index (κ3) is 4.13. The summed E-state index contributed by atoms with van der Waals surface area (Å²) >= 11 is 6.00. The molecule has 1 rings (SSSR count). The van der Waals surface area contributed by atoms with Crippen LogP contribution in [0.1, 0.15) is 11.7 Å². The van der Waals surface area contributed by atoms with Crippen LogP contribution >= 0.6 is 11.6 Å². The summed E-state index contributed by atoms with van der Waals surface area (Å²) in [5.41, 5.74) is 0.688. The van der Waals surface area contributed by atoms with Crippen LogP contribution in [-0.2, 0) is 0 Å². The highest BCUT2D eigenvalue weighted by Crippen LogP contribution is 2.22.